The van der Waals surface area contributed by atoms with Gasteiger partial charge in [0, 0.05) is 32.2 Å². The number of ketones is 1. The van der Waals surface area contributed by atoms with E-state index in [1.54, 1.807) is 21.3 Å². The fourth-order valence-electron chi connectivity index (χ4n) is 3.02. The summed E-state index contributed by atoms with van der Waals surface area (Å²) < 4.78 is 16.0. The van der Waals surface area contributed by atoms with Crippen molar-refractivity contribution in [2.24, 2.45) is 5.92 Å². The lowest BCUT2D eigenvalue weighted by Crippen LogP contribution is -2.46. The summed E-state index contributed by atoms with van der Waals surface area (Å²) in [5.41, 5.74) is 0.920. The van der Waals surface area contributed by atoms with Crippen LogP contribution in [0.25, 0.3) is 0 Å². The average molecular weight is 307 g/mol. The summed E-state index contributed by atoms with van der Waals surface area (Å²) in [6, 6.07) is 7.44. The van der Waals surface area contributed by atoms with Crippen molar-refractivity contribution in [3.05, 3.63) is 24.3 Å². The molecular weight excluding hydrogens is 282 g/mol. The maximum atomic E-state index is 12.3. The first-order valence-corrected chi connectivity index (χ1v) is 7.68. The summed E-state index contributed by atoms with van der Waals surface area (Å²) in [5, 5.41) is 3.41. The normalized spacial score (nSPS) is 20.0. The number of methoxy groups -OCH3 is 3. The summed E-state index contributed by atoms with van der Waals surface area (Å²) in [4.78, 5) is 12.3. The number of ether oxygens (including phenoxy) is 3. The number of hydrogen-bond donors (Lipinski definition) is 1. The maximum Gasteiger partial charge on any atom is 0.177 e. The minimum absolute atomic E-state index is 0.0826. The Morgan fingerprint density at radius 2 is 1.77 bits per heavy atom. The van der Waals surface area contributed by atoms with Crippen LogP contribution in [0.3, 0.4) is 0 Å². The van der Waals surface area contributed by atoms with Crippen molar-refractivity contribution in [2.75, 3.05) is 26.6 Å². The molecule has 5 nitrogen and oxygen atoms in total. The molecule has 1 fully saturated rings. The van der Waals surface area contributed by atoms with E-state index >= 15 is 0 Å². The molecule has 0 spiro atoms. The number of carbonyl (C=O) groups is 1. The topological polar surface area (TPSA) is 56.8 Å². The number of hydrogen-bond acceptors (Lipinski definition) is 5. The highest BCUT2D eigenvalue weighted by Gasteiger charge is 2.35. The smallest absolute Gasteiger partial charge is 0.177 e. The summed E-state index contributed by atoms with van der Waals surface area (Å²) >= 11 is 0. The van der Waals surface area contributed by atoms with Gasteiger partial charge in [0.1, 0.15) is 11.5 Å². The fraction of sp³-hybridized carbons (Fsp3) is 0.588. The van der Waals surface area contributed by atoms with Crippen LogP contribution in [0.1, 0.15) is 25.7 Å². The molecule has 1 aromatic carbocycles. The van der Waals surface area contributed by atoms with Crippen LogP contribution in [0.2, 0.25) is 0 Å². The molecule has 1 N–H and O–H groups in total. The van der Waals surface area contributed by atoms with E-state index in [-0.39, 0.29) is 17.7 Å². The van der Waals surface area contributed by atoms with Gasteiger partial charge in [0.25, 0.3) is 0 Å². The monoisotopic (exact) mass is 307 g/mol. The molecule has 0 radical (unpaired) electrons. The molecule has 2 atom stereocenters. The lowest BCUT2D eigenvalue weighted by atomic mass is 9.82. The zero-order valence-electron chi connectivity index (χ0n) is 13.5. The Bertz CT molecular complexity index is 470. The molecule has 1 aromatic rings. The Labute approximate surface area is 131 Å². The second-order valence-electron chi connectivity index (χ2n) is 5.56. The maximum absolute atomic E-state index is 12.3. The Balaban J connectivity index is 2.17. The molecule has 1 aliphatic rings. The molecule has 0 bridgehead atoms. The highest BCUT2D eigenvalue weighted by Crippen LogP contribution is 2.29. The van der Waals surface area contributed by atoms with Gasteiger partial charge >= 0.3 is 0 Å². The van der Waals surface area contributed by atoms with Crippen LogP contribution in [-0.4, -0.2) is 39.4 Å². The van der Waals surface area contributed by atoms with Crippen molar-refractivity contribution in [3.63, 3.8) is 0 Å². The van der Waals surface area contributed by atoms with E-state index in [2.05, 4.69) is 5.32 Å². The van der Waals surface area contributed by atoms with Crippen LogP contribution >= 0.6 is 0 Å². The molecule has 5 heteroatoms. The van der Waals surface area contributed by atoms with Gasteiger partial charge in [-0.2, -0.15) is 0 Å². The Kier molecular flexibility index (Phi) is 6.21. The van der Waals surface area contributed by atoms with Crippen LogP contribution in [0.4, 0.5) is 5.69 Å². The minimum atomic E-state index is -0.464. The lowest BCUT2D eigenvalue weighted by molar-refractivity contribution is -0.140. The SMILES string of the molecule is COc1ccc(N[C@H](C(OC)OC)[C@H]2CCCCC2=O)cc1. The Hall–Kier alpha value is -1.59. The van der Waals surface area contributed by atoms with Crippen molar-refractivity contribution in [3.8, 4) is 5.75 Å². The number of benzene rings is 1. The van der Waals surface area contributed by atoms with Gasteiger partial charge in [-0.05, 0) is 37.1 Å². The molecule has 22 heavy (non-hydrogen) atoms. The second kappa shape index (κ2) is 8.15. The van der Waals surface area contributed by atoms with Gasteiger partial charge in [-0.1, -0.05) is 6.42 Å². The predicted molar refractivity (Wildman–Crippen MR) is 85.2 cm³/mol. The van der Waals surface area contributed by atoms with Crippen molar-refractivity contribution in [1.29, 1.82) is 0 Å². The molecule has 0 heterocycles. The summed E-state index contributed by atoms with van der Waals surface area (Å²) in [6.07, 6.45) is 3.10. The van der Waals surface area contributed by atoms with Crippen LogP contribution in [0.15, 0.2) is 24.3 Å². The standard InChI is InChI=1S/C17H25NO4/c1-20-13-10-8-12(9-11-13)18-16(17(21-2)22-3)14-6-4-5-7-15(14)19/h8-11,14,16-18H,4-7H2,1-3H3/t14-,16-/m0/s1. The van der Waals surface area contributed by atoms with Crippen LogP contribution in [0, 0.1) is 5.92 Å². The highest BCUT2D eigenvalue weighted by molar-refractivity contribution is 5.82. The molecule has 0 unspecified atom stereocenters. The molecule has 1 aliphatic carbocycles. The molecule has 122 valence electrons. The van der Waals surface area contributed by atoms with Gasteiger partial charge in [-0.15, -0.1) is 0 Å². The molecule has 1 saturated carbocycles. The minimum Gasteiger partial charge on any atom is -0.497 e. The molecule has 0 saturated heterocycles. The molecule has 0 aliphatic heterocycles. The zero-order chi connectivity index (χ0) is 15.9. The third-order valence-electron chi connectivity index (χ3n) is 4.22. The van der Waals surface area contributed by atoms with E-state index < -0.39 is 6.29 Å². The first kappa shape index (κ1) is 16.8. The van der Waals surface area contributed by atoms with Gasteiger partial charge in [-0.25, -0.2) is 0 Å². The highest BCUT2D eigenvalue weighted by atomic mass is 16.7. The number of Topliss-reactive ketones (excluding diaryl/α,β-unsaturated/α-hetero) is 1. The summed E-state index contributed by atoms with van der Waals surface area (Å²) in [6.45, 7) is 0. The Morgan fingerprint density at radius 1 is 1.09 bits per heavy atom. The van der Waals surface area contributed by atoms with Crippen molar-refractivity contribution < 1.29 is 19.0 Å². The Morgan fingerprint density at radius 3 is 2.32 bits per heavy atom. The van der Waals surface area contributed by atoms with E-state index in [4.69, 9.17) is 14.2 Å². The number of carbonyl (C=O) groups excluding carboxylic acids is 1. The molecular formula is C17H25NO4. The first-order chi connectivity index (χ1) is 10.7. The molecule has 2 rings (SSSR count). The number of anilines is 1. The van der Waals surface area contributed by atoms with Crippen LogP contribution in [-0.2, 0) is 14.3 Å². The summed E-state index contributed by atoms with van der Waals surface area (Å²) in [7, 11) is 4.84. The van der Waals surface area contributed by atoms with Crippen molar-refractivity contribution >= 4 is 11.5 Å². The average Bonchev–Trinajstić information content (AvgIpc) is 2.56. The van der Waals surface area contributed by atoms with Crippen LogP contribution < -0.4 is 10.1 Å². The zero-order valence-corrected chi connectivity index (χ0v) is 13.5. The van der Waals surface area contributed by atoms with E-state index in [1.807, 2.05) is 24.3 Å². The molecule has 0 aromatic heterocycles. The van der Waals surface area contributed by atoms with Crippen LogP contribution in [0.5, 0.6) is 5.75 Å². The first-order valence-electron chi connectivity index (χ1n) is 7.68. The van der Waals surface area contributed by atoms with Gasteiger partial charge in [-0.3, -0.25) is 4.79 Å². The third-order valence-corrected chi connectivity index (χ3v) is 4.22. The summed E-state index contributed by atoms with van der Waals surface area (Å²) in [5.74, 6) is 1.00. The fourth-order valence-corrected chi connectivity index (χ4v) is 3.02. The predicted octanol–water partition coefficient (Wildman–Crippen LogP) is 2.85. The number of rotatable bonds is 7. The lowest BCUT2D eigenvalue weighted by Gasteiger charge is -2.34. The number of nitrogens with one attached hydrogen (secondary N) is 1. The van der Waals surface area contributed by atoms with Gasteiger partial charge < -0.3 is 19.5 Å². The van der Waals surface area contributed by atoms with E-state index in [0.29, 0.717) is 6.42 Å². The third kappa shape index (κ3) is 3.99. The van der Waals surface area contributed by atoms with Gasteiger partial charge in [0.2, 0.25) is 0 Å². The van der Waals surface area contributed by atoms with Crippen molar-refractivity contribution in [1.82, 2.24) is 0 Å². The van der Waals surface area contributed by atoms with Gasteiger partial charge in [0.05, 0.1) is 13.2 Å². The van der Waals surface area contributed by atoms with E-state index in [9.17, 15) is 4.79 Å². The quantitative estimate of drug-likeness (QED) is 0.785. The van der Waals surface area contributed by atoms with E-state index in [0.717, 1.165) is 30.7 Å². The van der Waals surface area contributed by atoms with Gasteiger partial charge in [0.15, 0.2) is 6.29 Å². The molecule has 0 amide bonds. The van der Waals surface area contributed by atoms with Crippen molar-refractivity contribution in [2.45, 2.75) is 38.0 Å². The second-order valence-corrected chi connectivity index (χ2v) is 5.56. The van der Waals surface area contributed by atoms with E-state index in [1.165, 1.54) is 0 Å². The largest absolute Gasteiger partial charge is 0.497 e.